The monoisotopic (exact) mass is 154 g/mol. The Bertz CT molecular complexity index is 230. The van der Waals surface area contributed by atoms with Crippen molar-refractivity contribution in [2.24, 2.45) is 10.7 Å². The molecule has 2 N–H and O–H groups in total. The number of nitrogens with two attached hydrogens (primary N) is 1. The molecular formula is C6H6N2OS. The molecule has 0 aliphatic carbocycles. The van der Waals surface area contributed by atoms with E-state index in [1.807, 2.05) is 0 Å². The number of allylic oxidation sites excluding steroid dienone is 1. The number of thioether (sulfide) groups is 1. The van der Waals surface area contributed by atoms with Gasteiger partial charge in [0.25, 0.3) is 5.91 Å². The van der Waals surface area contributed by atoms with Crippen LogP contribution < -0.4 is 5.73 Å². The fourth-order valence-electron chi connectivity index (χ4n) is 0.460. The molecule has 0 aromatic heterocycles. The van der Waals surface area contributed by atoms with Gasteiger partial charge in [-0.05, 0) is 11.5 Å². The summed E-state index contributed by atoms with van der Waals surface area (Å²) in [6.45, 7) is 0. The maximum Gasteiger partial charge on any atom is 0.257 e. The molecule has 0 fully saturated rings. The van der Waals surface area contributed by atoms with E-state index in [1.54, 1.807) is 17.7 Å². The number of aliphatic imine (C=N–C) groups is 1. The zero-order valence-electron chi connectivity index (χ0n) is 5.15. The normalized spacial score (nSPS) is 16.2. The second-order valence-electron chi connectivity index (χ2n) is 1.60. The van der Waals surface area contributed by atoms with Gasteiger partial charge in [-0.25, -0.2) is 0 Å². The maximum atomic E-state index is 10.5. The van der Waals surface area contributed by atoms with Gasteiger partial charge < -0.3 is 5.73 Å². The fourth-order valence-corrected chi connectivity index (χ4v) is 0.994. The first kappa shape index (κ1) is 7.08. The number of primary amides is 1. The van der Waals surface area contributed by atoms with Gasteiger partial charge in [0.2, 0.25) is 0 Å². The Hall–Kier alpha value is -1.03. The summed E-state index contributed by atoms with van der Waals surface area (Å²) in [5, 5.41) is 1.76. The summed E-state index contributed by atoms with van der Waals surface area (Å²) >= 11 is 1.27. The molecule has 0 aromatic rings. The van der Waals surface area contributed by atoms with E-state index >= 15 is 0 Å². The fraction of sp³-hybridized carbons (Fsp3) is 0. The average molecular weight is 154 g/mol. The Morgan fingerprint density at radius 3 is 3.20 bits per heavy atom. The Morgan fingerprint density at radius 1 is 1.70 bits per heavy atom. The molecule has 10 heavy (non-hydrogen) atoms. The van der Waals surface area contributed by atoms with Crippen LogP contribution in [0.3, 0.4) is 0 Å². The van der Waals surface area contributed by atoms with Gasteiger partial charge in [-0.3, -0.25) is 9.79 Å². The molecule has 1 heterocycles. The van der Waals surface area contributed by atoms with Gasteiger partial charge in [0.15, 0.2) is 0 Å². The van der Waals surface area contributed by atoms with Crippen LogP contribution in [0, 0.1) is 0 Å². The second-order valence-corrected chi connectivity index (χ2v) is 2.55. The van der Waals surface area contributed by atoms with E-state index in [1.165, 1.54) is 18.0 Å². The van der Waals surface area contributed by atoms with Crippen LogP contribution in [0.5, 0.6) is 0 Å². The molecule has 1 rings (SSSR count). The van der Waals surface area contributed by atoms with E-state index < -0.39 is 5.91 Å². The molecule has 0 aromatic carbocycles. The molecule has 0 saturated carbocycles. The summed E-state index contributed by atoms with van der Waals surface area (Å²) in [5.41, 5.74) is 5.00. The Balaban J connectivity index is 2.78. The zero-order valence-corrected chi connectivity index (χ0v) is 5.97. The lowest BCUT2D eigenvalue weighted by Gasteiger charge is -1.92. The number of amides is 1. The zero-order chi connectivity index (χ0) is 7.40. The number of carbonyl (C=O) groups excluding carboxylic acids is 1. The van der Waals surface area contributed by atoms with E-state index in [9.17, 15) is 4.79 Å². The van der Waals surface area contributed by atoms with E-state index in [0.717, 1.165) is 0 Å². The number of nitrogens with zero attached hydrogens (tertiary/aromatic N) is 1. The molecule has 4 heteroatoms. The van der Waals surface area contributed by atoms with E-state index in [2.05, 4.69) is 4.99 Å². The number of carbonyl (C=O) groups is 1. The number of hydrogen-bond acceptors (Lipinski definition) is 3. The smallest absolute Gasteiger partial charge is 0.257 e. The first-order valence-electron chi connectivity index (χ1n) is 2.65. The molecular weight excluding hydrogens is 148 g/mol. The standard InChI is InChI=1S/C6H6N2OS/c7-6(9)5-4-8-2-1-3-10-5/h1-4H,(H2,7,9). The first-order valence-corrected chi connectivity index (χ1v) is 3.53. The SMILES string of the molecule is NC(=O)C1=CN=CC=CS1. The molecule has 0 bridgehead atoms. The maximum absolute atomic E-state index is 10.5. The third-order valence-corrected chi connectivity index (χ3v) is 1.73. The van der Waals surface area contributed by atoms with Crippen molar-refractivity contribution in [1.82, 2.24) is 0 Å². The summed E-state index contributed by atoms with van der Waals surface area (Å²) < 4.78 is 0. The molecule has 0 unspecified atom stereocenters. The van der Waals surface area contributed by atoms with Gasteiger partial charge in [-0.15, -0.1) is 0 Å². The quantitative estimate of drug-likeness (QED) is 0.602. The van der Waals surface area contributed by atoms with Crippen LogP contribution in [0.2, 0.25) is 0 Å². The van der Waals surface area contributed by atoms with Gasteiger partial charge in [-0.2, -0.15) is 0 Å². The van der Waals surface area contributed by atoms with Crippen LogP contribution in [0.25, 0.3) is 0 Å². The molecule has 52 valence electrons. The highest BCUT2D eigenvalue weighted by Gasteiger charge is 2.02. The predicted octanol–water partition coefficient (Wildman–Crippen LogP) is 0.644. The minimum absolute atomic E-state index is 0.436. The summed E-state index contributed by atoms with van der Waals surface area (Å²) in [6.07, 6.45) is 4.80. The average Bonchev–Trinajstić information content (AvgIpc) is 2.12. The molecule has 1 aliphatic heterocycles. The highest BCUT2D eigenvalue weighted by Crippen LogP contribution is 2.17. The van der Waals surface area contributed by atoms with E-state index in [0.29, 0.717) is 4.91 Å². The second kappa shape index (κ2) is 3.22. The van der Waals surface area contributed by atoms with E-state index in [4.69, 9.17) is 5.73 Å². The molecule has 0 radical (unpaired) electrons. The molecule has 0 spiro atoms. The third kappa shape index (κ3) is 1.73. The summed E-state index contributed by atoms with van der Waals surface area (Å²) in [7, 11) is 0. The topological polar surface area (TPSA) is 55.5 Å². The lowest BCUT2D eigenvalue weighted by molar-refractivity contribution is -0.113. The minimum atomic E-state index is -0.436. The van der Waals surface area contributed by atoms with Crippen molar-refractivity contribution in [3.63, 3.8) is 0 Å². The Morgan fingerprint density at radius 2 is 2.50 bits per heavy atom. The number of rotatable bonds is 1. The van der Waals surface area contributed by atoms with Crippen LogP contribution in [0.1, 0.15) is 0 Å². The molecule has 0 saturated heterocycles. The predicted molar refractivity (Wildman–Crippen MR) is 42.5 cm³/mol. The van der Waals surface area contributed by atoms with Crippen LogP contribution in [0.4, 0.5) is 0 Å². The summed E-state index contributed by atoms with van der Waals surface area (Å²) in [6, 6.07) is 0. The van der Waals surface area contributed by atoms with Crippen molar-refractivity contribution in [2.75, 3.05) is 0 Å². The largest absolute Gasteiger partial charge is 0.365 e. The molecule has 1 aliphatic rings. The lowest BCUT2D eigenvalue weighted by atomic mass is 10.6. The van der Waals surface area contributed by atoms with Gasteiger partial charge in [0.1, 0.15) is 0 Å². The van der Waals surface area contributed by atoms with Crippen molar-refractivity contribution >= 4 is 23.9 Å². The van der Waals surface area contributed by atoms with Gasteiger partial charge >= 0.3 is 0 Å². The highest BCUT2D eigenvalue weighted by molar-refractivity contribution is 8.06. The van der Waals surface area contributed by atoms with Crippen LogP contribution in [0.15, 0.2) is 27.6 Å². The third-order valence-electron chi connectivity index (χ3n) is 0.880. The minimum Gasteiger partial charge on any atom is -0.365 e. The Kier molecular flexibility index (Phi) is 2.28. The summed E-state index contributed by atoms with van der Waals surface area (Å²) in [5.74, 6) is -0.436. The molecule has 1 amide bonds. The number of hydrogen-bond donors (Lipinski definition) is 1. The van der Waals surface area contributed by atoms with Crippen molar-refractivity contribution in [3.05, 3.63) is 22.6 Å². The van der Waals surface area contributed by atoms with Crippen molar-refractivity contribution < 1.29 is 4.79 Å². The lowest BCUT2D eigenvalue weighted by Crippen LogP contribution is -2.10. The molecule has 0 atom stereocenters. The van der Waals surface area contributed by atoms with Gasteiger partial charge in [0.05, 0.1) is 4.91 Å². The highest BCUT2D eigenvalue weighted by atomic mass is 32.2. The Labute approximate surface area is 62.7 Å². The van der Waals surface area contributed by atoms with Crippen molar-refractivity contribution in [2.45, 2.75) is 0 Å². The molecule has 3 nitrogen and oxygen atoms in total. The van der Waals surface area contributed by atoms with Gasteiger partial charge in [-0.1, -0.05) is 11.8 Å². The van der Waals surface area contributed by atoms with Crippen LogP contribution in [-0.4, -0.2) is 12.1 Å². The van der Waals surface area contributed by atoms with E-state index in [-0.39, 0.29) is 0 Å². The van der Waals surface area contributed by atoms with Crippen molar-refractivity contribution in [3.8, 4) is 0 Å². The van der Waals surface area contributed by atoms with Crippen molar-refractivity contribution in [1.29, 1.82) is 0 Å². The summed E-state index contributed by atoms with van der Waals surface area (Å²) in [4.78, 5) is 14.8. The van der Waals surface area contributed by atoms with Crippen LogP contribution >= 0.6 is 11.8 Å². The van der Waals surface area contributed by atoms with Gasteiger partial charge in [0, 0.05) is 12.4 Å². The van der Waals surface area contributed by atoms with Crippen LogP contribution in [-0.2, 0) is 4.79 Å². The first-order chi connectivity index (χ1) is 4.80.